The van der Waals surface area contributed by atoms with Crippen molar-refractivity contribution in [1.82, 2.24) is 4.90 Å². The van der Waals surface area contributed by atoms with Crippen molar-refractivity contribution in [3.63, 3.8) is 0 Å². The molecular formula is C25H17ClN2O5. The maximum absolute atomic E-state index is 13.5. The summed E-state index contributed by atoms with van der Waals surface area (Å²) in [6.45, 7) is 2.21. The molecule has 0 aliphatic carbocycles. The number of fused-ring (bicyclic) bond motifs is 2. The van der Waals surface area contributed by atoms with Gasteiger partial charge in [0.05, 0.1) is 21.9 Å². The Labute approximate surface area is 193 Å². The first-order valence-electron chi connectivity index (χ1n) is 10.2. The van der Waals surface area contributed by atoms with E-state index in [4.69, 9.17) is 16.0 Å². The Hall–Kier alpha value is -3.97. The van der Waals surface area contributed by atoms with Gasteiger partial charge in [-0.1, -0.05) is 41.4 Å². The molecule has 164 valence electrons. The molecule has 0 fully saturated rings. The molecule has 1 atom stereocenters. The maximum atomic E-state index is 13.5. The van der Waals surface area contributed by atoms with Crippen LogP contribution in [0, 0.1) is 17.0 Å². The van der Waals surface area contributed by atoms with E-state index >= 15 is 0 Å². The summed E-state index contributed by atoms with van der Waals surface area (Å²) in [5.74, 6) is -0.437. The Morgan fingerprint density at radius 3 is 2.39 bits per heavy atom. The quantitative estimate of drug-likeness (QED) is 0.300. The number of rotatable bonds is 4. The lowest BCUT2D eigenvalue weighted by atomic mass is 9.98. The van der Waals surface area contributed by atoms with Gasteiger partial charge in [-0.15, -0.1) is 0 Å². The smallest absolute Gasteiger partial charge is 0.291 e. The number of hydrogen-bond acceptors (Lipinski definition) is 5. The molecule has 1 unspecified atom stereocenters. The number of nitro groups is 1. The zero-order chi connectivity index (χ0) is 23.3. The van der Waals surface area contributed by atoms with E-state index in [0.29, 0.717) is 10.6 Å². The maximum Gasteiger partial charge on any atom is 0.291 e. The summed E-state index contributed by atoms with van der Waals surface area (Å²) >= 11 is 6.10. The Morgan fingerprint density at radius 1 is 1.03 bits per heavy atom. The van der Waals surface area contributed by atoms with Gasteiger partial charge >= 0.3 is 0 Å². The van der Waals surface area contributed by atoms with Crippen molar-refractivity contribution in [2.75, 3.05) is 0 Å². The number of carbonyl (C=O) groups excluding carboxylic acids is 1. The van der Waals surface area contributed by atoms with Crippen molar-refractivity contribution >= 4 is 34.2 Å². The highest BCUT2D eigenvalue weighted by molar-refractivity contribution is 6.31. The zero-order valence-corrected chi connectivity index (χ0v) is 18.2. The second-order valence-electron chi connectivity index (χ2n) is 7.98. The number of hydrogen-bond donors (Lipinski definition) is 0. The predicted molar refractivity (Wildman–Crippen MR) is 123 cm³/mol. The van der Waals surface area contributed by atoms with Gasteiger partial charge in [0.2, 0.25) is 5.76 Å². The van der Waals surface area contributed by atoms with Crippen molar-refractivity contribution < 1.29 is 14.1 Å². The van der Waals surface area contributed by atoms with Gasteiger partial charge in [-0.25, -0.2) is 0 Å². The molecule has 1 aliphatic rings. The van der Waals surface area contributed by atoms with E-state index in [1.807, 2.05) is 31.2 Å². The third-order valence-electron chi connectivity index (χ3n) is 5.82. The summed E-state index contributed by atoms with van der Waals surface area (Å²) in [5, 5.41) is 11.8. The molecule has 0 spiro atoms. The molecule has 0 N–H and O–H groups in total. The van der Waals surface area contributed by atoms with Crippen LogP contribution in [0.2, 0.25) is 5.02 Å². The largest absolute Gasteiger partial charge is 0.450 e. The fourth-order valence-corrected chi connectivity index (χ4v) is 4.34. The Balaban J connectivity index is 1.70. The molecule has 1 aliphatic heterocycles. The van der Waals surface area contributed by atoms with Gasteiger partial charge in [0.15, 0.2) is 5.43 Å². The molecule has 0 bridgehead atoms. The van der Waals surface area contributed by atoms with Gasteiger partial charge in [-0.05, 0) is 48.4 Å². The van der Waals surface area contributed by atoms with Gasteiger partial charge < -0.3 is 9.32 Å². The van der Waals surface area contributed by atoms with Crippen LogP contribution in [0.15, 0.2) is 75.9 Å². The minimum Gasteiger partial charge on any atom is -0.450 e. The molecule has 33 heavy (non-hydrogen) atoms. The fourth-order valence-electron chi connectivity index (χ4n) is 4.17. The zero-order valence-electron chi connectivity index (χ0n) is 17.4. The van der Waals surface area contributed by atoms with Gasteiger partial charge in [-0.2, -0.15) is 0 Å². The number of nitrogens with zero attached hydrogens (tertiary/aromatic N) is 2. The lowest BCUT2D eigenvalue weighted by Gasteiger charge is -2.25. The van der Waals surface area contributed by atoms with E-state index in [1.165, 1.54) is 18.2 Å². The topological polar surface area (TPSA) is 93.7 Å². The third-order valence-corrected chi connectivity index (χ3v) is 6.06. The number of non-ortho nitro benzene ring substituents is 1. The summed E-state index contributed by atoms with van der Waals surface area (Å²) < 4.78 is 5.90. The summed E-state index contributed by atoms with van der Waals surface area (Å²) in [6.07, 6.45) is 0. The molecule has 1 aromatic heterocycles. The highest BCUT2D eigenvalue weighted by Gasteiger charge is 2.42. The predicted octanol–water partition coefficient (Wildman–Crippen LogP) is 5.41. The number of aryl methyl sites for hydroxylation is 1. The lowest BCUT2D eigenvalue weighted by molar-refractivity contribution is -0.384. The second-order valence-corrected chi connectivity index (χ2v) is 8.42. The van der Waals surface area contributed by atoms with Crippen LogP contribution in [0.4, 0.5) is 5.69 Å². The van der Waals surface area contributed by atoms with Crippen molar-refractivity contribution in [1.29, 1.82) is 0 Å². The molecule has 3 aromatic carbocycles. The van der Waals surface area contributed by atoms with Gasteiger partial charge in [0.25, 0.3) is 11.6 Å². The second kappa shape index (κ2) is 7.86. The van der Waals surface area contributed by atoms with Crippen molar-refractivity contribution in [3.8, 4) is 0 Å². The van der Waals surface area contributed by atoms with Crippen LogP contribution in [0.1, 0.15) is 38.9 Å². The normalized spacial score (nSPS) is 15.2. The summed E-state index contributed by atoms with van der Waals surface area (Å²) in [7, 11) is 0. The fraction of sp³-hybridized carbons (Fsp3) is 0.120. The minimum atomic E-state index is -0.755. The van der Waals surface area contributed by atoms with E-state index < -0.39 is 16.9 Å². The first kappa shape index (κ1) is 20.9. The molecule has 7 nitrogen and oxygen atoms in total. The average Bonchev–Trinajstić information content (AvgIpc) is 3.08. The van der Waals surface area contributed by atoms with Crippen molar-refractivity contribution in [3.05, 3.63) is 120 Å². The van der Waals surface area contributed by atoms with E-state index in [2.05, 4.69) is 0 Å². The van der Waals surface area contributed by atoms with E-state index in [0.717, 1.165) is 11.1 Å². The van der Waals surface area contributed by atoms with Crippen LogP contribution >= 0.6 is 11.6 Å². The molecule has 4 aromatic rings. The monoisotopic (exact) mass is 460 g/mol. The summed E-state index contributed by atoms with van der Waals surface area (Å²) in [6, 6.07) is 17.5. The van der Waals surface area contributed by atoms with Crippen LogP contribution in [-0.4, -0.2) is 15.7 Å². The molecule has 2 heterocycles. The first-order valence-corrected chi connectivity index (χ1v) is 10.6. The number of halogens is 1. The summed E-state index contributed by atoms with van der Waals surface area (Å²) in [5.41, 5.74) is 2.60. The molecule has 0 radical (unpaired) electrons. The van der Waals surface area contributed by atoms with Crippen molar-refractivity contribution in [2.45, 2.75) is 19.5 Å². The minimum absolute atomic E-state index is 0.0229. The standard InChI is InChI=1S/C25H17ClN2O5/c1-14-2-4-15(5-3-14)13-27-22(16-6-9-18(10-7-16)28(31)32)21-23(29)19-12-17(26)8-11-20(19)33-24(21)25(27)30/h2-12,22H,13H2,1H3. The first-order chi connectivity index (χ1) is 15.8. The molecule has 8 heteroatoms. The molecule has 1 amide bonds. The van der Waals surface area contributed by atoms with E-state index in [9.17, 15) is 19.7 Å². The number of nitro benzene ring substituents is 1. The average molecular weight is 461 g/mol. The number of carbonyl (C=O) groups is 1. The van der Waals surface area contributed by atoms with Crippen molar-refractivity contribution in [2.24, 2.45) is 0 Å². The third kappa shape index (κ3) is 3.56. The van der Waals surface area contributed by atoms with Crippen LogP contribution < -0.4 is 5.43 Å². The highest BCUT2D eigenvalue weighted by Crippen LogP contribution is 2.39. The summed E-state index contributed by atoms with van der Waals surface area (Å²) in [4.78, 5) is 39.1. The van der Waals surface area contributed by atoms with Gasteiger partial charge in [0, 0.05) is 23.7 Å². The molecular weight excluding hydrogens is 444 g/mol. The number of benzene rings is 3. The van der Waals surface area contributed by atoms with Gasteiger partial charge in [0.1, 0.15) is 5.58 Å². The van der Waals surface area contributed by atoms with Crippen LogP contribution in [0.5, 0.6) is 0 Å². The van der Waals surface area contributed by atoms with E-state index in [-0.39, 0.29) is 40.0 Å². The Bertz CT molecular complexity index is 1480. The molecule has 0 saturated carbocycles. The molecule has 0 saturated heterocycles. The van der Waals surface area contributed by atoms with Crippen LogP contribution in [0.25, 0.3) is 11.0 Å². The van der Waals surface area contributed by atoms with E-state index in [1.54, 1.807) is 29.2 Å². The lowest BCUT2D eigenvalue weighted by Crippen LogP contribution is -2.29. The molecule has 5 rings (SSSR count). The Kier molecular flexibility index (Phi) is 4.98. The van der Waals surface area contributed by atoms with Crippen LogP contribution in [0.3, 0.4) is 0 Å². The number of amides is 1. The van der Waals surface area contributed by atoms with Gasteiger partial charge in [-0.3, -0.25) is 19.7 Å². The highest BCUT2D eigenvalue weighted by atomic mass is 35.5. The van der Waals surface area contributed by atoms with Crippen LogP contribution in [-0.2, 0) is 6.54 Å². The SMILES string of the molecule is Cc1ccc(CN2C(=O)c3oc4ccc(Cl)cc4c(=O)c3C2c2ccc([N+](=O)[O-])cc2)cc1. The Morgan fingerprint density at radius 2 is 1.73 bits per heavy atom.